The molecule has 2 N–H and O–H groups in total. The first-order valence-corrected chi connectivity index (χ1v) is 7.29. The van der Waals surface area contributed by atoms with Crippen LogP contribution in [-0.2, 0) is 11.2 Å². The van der Waals surface area contributed by atoms with E-state index in [0.717, 1.165) is 44.2 Å². The molecule has 0 aromatic carbocycles. The quantitative estimate of drug-likeness (QED) is 0.286. The van der Waals surface area contributed by atoms with Gasteiger partial charge >= 0.3 is 0 Å². The van der Waals surface area contributed by atoms with Crippen molar-refractivity contribution < 1.29 is 4.74 Å². The first-order chi connectivity index (χ1) is 9.86. The molecule has 0 saturated heterocycles. The number of hydrogen-bond donors (Lipinski definition) is 2. The van der Waals surface area contributed by atoms with Crippen LogP contribution in [0.5, 0.6) is 0 Å². The molecule has 1 rings (SSSR count). The Kier molecular flexibility index (Phi) is 13.5. The lowest BCUT2D eigenvalue weighted by Gasteiger charge is -2.11. The largest absolute Gasteiger partial charge is 0.380 e. The zero-order valence-corrected chi connectivity index (χ0v) is 15.3. The van der Waals surface area contributed by atoms with E-state index in [2.05, 4.69) is 27.5 Å². The van der Waals surface area contributed by atoms with Gasteiger partial charge in [0.15, 0.2) is 5.96 Å². The topological polar surface area (TPSA) is 58.5 Å². The van der Waals surface area contributed by atoms with Gasteiger partial charge in [0.25, 0.3) is 0 Å². The van der Waals surface area contributed by atoms with Crippen molar-refractivity contribution in [3.63, 3.8) is 0 Å². The van der Waals surface area contributed by atoms with Gasteiger partial charge in [-0.05, 0) is 18.6 Å². The summed E-state index contributed by atoms with van der Waals surface area (Å²) in [7, 11) is 1.77. The van der Waals surface area contributed by atoms with Crippen LogP contribution in [0.4, 0.5) is 0 Å². The number of aliphatic imine (C=N–C) groups is 1. The van der Waals surface area contributed by atoms with E-state index < -0.39 is 0 Å². The molecule has 0 bridgehead atoms. The molecule has 0 aliphatic rings. The summed E-state index contributed by atoms with van der Waals surface area (Å²) >= 11 is 0. The van der Waals surface area contributed by atoms with Crippen molar-refractivity contribution in [2.45, 2.75) is 26.2 Å². The van der Waals surface area contributed by atoms with Gasteiger partial charge in [-0.3, -0.25) is 9.98 Å². The van der Waals surface area contributed by atoms with Gasteiger partial charge in [-0.2, -0.15) is 0 Å². The van der Waals surface area contributed by atoms with Crippen LogP contribution in [0.2, 0.25) is 0 Å². The van der Waals surface area contributed by atoms with E-state index in [1.54, 1.807) is 7.05 Å². The van der Waals surface area contributed by atoms with Crippen LogP contribution < -0.4 is 10.6 Å². The summed E-state index contributed by atoms with van der Waals surface area (Å²) in [5, 5.41) is 6.49. The Balaban J connectivity index is 0.00000400. The second kappa shape index (κ2) is 14.1. The molecule has 1 aromatic rings. The molecule has 0 saturated carbocycles. The minimum atomic E-state index is 0. The number of guanidine groups is 1. The number of pyridine rings is 1. The van der Waals surface area contributed by atoms with Crippen molar-refractivity contribution in [1.29, 1.82) is 0 Å². The van der Waals surface area contributed by atoms with Crippen molar-refractivity contribution in [3.05, 3.63) is 30.1 Å². The summed E-state index contributed by atoms with van der Waals surface area (Å²) in [6.07, 6.45) is 4.99. The smallest absolute Gasteiger partial charge is 0.191 e. The van der Waals surface area contributed by atoms with Crippen LogP contribution in [0.15, 0.2) is 29.4 Å². The molecule has 0 spiro atoms. The van der Waals surface area contributed by atoms with Gasteiger partial charge in [-0.15, -0.1) is 24.0 Å². The fourth-order valence-corrected chi connectivity index (χ4v) is 1.67. The normalized spacial score (nSPS) is 10.9. The number of unbranched alkanes of at least 4 members (excludes halogenated alkanes) is 1. The van der Waals surface area contributed by atoms with Crippen molar-refractivity contribution in [2.75, 3.05) is 33.4 Å². The van der Waals surface area contributed by atoms with Gasteiger partial charge in [0.05, 0.1) is 6.61 Å². The van der Waals surface area contributed by atoms with Gasteiger partial charge in [0.1, 0.15) is 0 Å². The van der Waals surface area contributed by atoms with Crippen molar-refractivity contribution in [2.24, 2.45) is 4.99 Å². The van der Waals surface area contributed by atoms with E-state index in [1.807, 2.05) is 24.4 Å². The molecule has 21 heavy (non-hydrogen) atoms. The Morgan fingerprint density at radius 2 is 2.05 bits per heavy atom. The van der Waals surface area contributed by atoms with Crippen LogP contribution in [0.1, 0.15) is 25.5 Å². The zero-order valence-electron chi connectivity index (χ0n) is 13.0. The number of halogens is 1. The number of rotatable bonds is 9. The van der Waals surface area contributed by atoms with Crippen LogP contribution in [0, 0.1) is 0 Å². The molecule has 0 aliphatic carbocycles. The fraction of sp³-hybridized carbons (Fsp3) is 0.600. The SMILES string of the molecule is CCCCOCCNC(=NC)NCCc1ccccn1.I. The van der Waals surface area contributed by atoms with Gasteiger partial charge in [0, 0.05) is 45.1 Å². The van der Waals surface area contributed by atoms with Crippen LogP contribution in [0.3, 0.4) is 0 Å². The van der Waals surface area contributed by atoms with Crippen LogP contribution in [0.25, 0.3) is 0 Å². The van der Waals surface area contributed by atoms with Gasteiger partial charge in [-0.25, -0.2) is 0 Å². The molecule has 6 heteroatoms. The standard InChI is InChI=1S/C15H26N4O.HI/c1-3-4-12-20-13-11-19-15(16-2)18-10-8-14-7-5-6-9-17-14;/h5-7,9H,3-4,8,10-13H2,1-2H3,(H2,16,18,19);1H. The van der Waals surface area contributed by atoms with Gasteiger partial charge < -0.3 is 15.4 Å². The van der Waals surface area contributed by atoms with E-state index in [0.29, 0.717) is 6.61 Å². The van der Waals surface area contributed by atoms with Crippen molar-refractivity contribution in [1.82, 2.24) is 15.6 Å². The first-order valence-electron chi connectivity index (χ1n) is 7.29. The summed E-state index contributed by atoms with van der Waals surface area (Å²) in [5.41, 5.74) is 1.08. The molecule has 0 amide bonds. The molecule has 1 aromatic heterocycles. The molecule has 120 valence electrons. The zero-order chi connectivity index (χ0) is 14.5. The van der Waals surface area contributed by atoms with E-state index in [1.165, 1.54) is 6.42 Å². The summed E-state index contributed by atoms with van der Waals surface area (Å²) in [6, 6.07) is 5.96. The minimum Gasteiger partial charge on any atom is -0.380 e. The van der Waals surface area contributed by atoms with Crippen LogP contribution >= 0.6 is 24.0 Å². The molecular formula is C15H27IN4O. The Hall–Kier alpha value is -0.890. The monoisotopic (exact) mass is 406 g/mol. The molecule has 0 radical (unpaired) electrons. The highest BCUT2D eigenvalue weighted by atomic mass is 127. The maximum absolute atomic E-state index is 5.49. The average molecular weight is 406 g/mol. The predicted molar refractivity (Wildman–Crippen MR) is 98.4 cm³/mol. The second-order valence-corrected chi connectivity index (χ2v) is 4.46. The number of ether oxygens (including phenoxy) is 1. The summed E-state index contributed by atoms with van der Waals surface area (Å²) in [5.74, 6) is 0.806. The Morgan fingerprint density at radius 3 is 2.71 bits per heavy atom. The highest BCUT2D eigenvalue weighted by Crippen LogP contribution is 1.92. The molecule has 0 aliphatic heterocycles. The number of aromatic nitrogens is 1. The third-order valence-electron chi connectivity index (χ3n) is 2.80. The lowest BCUT2D eigenvalue weighted by molar-refractivity contribution is 0.136. The highest BCUT2D eigenvalue weighted by Gasteiger charge is 1.98. The van der Waals surface area contributed by atoms with Gasteiger partial charge in [0.2, 0.25) is 0 Å². The van der Waals surface area contributed by atoms with E-state index >= 15 is 0 Å². The first kappa shape index (κ1) is 20.1. The fourth-order valence-electron chi connectivity index (χ4n) is 1.67. The summed E-state index contributed by atoms with van der Waals surface area (Å²) in [4.78, 5) is 8.46. The lowest BCUT2D eigenvalue weighted by Crippen LogP contribution is -2.39. The average Bonchev–Trinajstić information content (AvgIpc) is 2.50. The third kappa shape index (κ3) is 10.5. The number of hydrogen-bond acceptors (Lipinski definition) is 3. The Morgan fingerprint density at radius 1 is 1.24 bits per heavy atom. The molecule has 5 nitrogen and oxygen atoms in total. The highest BCUT2D eigenvalue weighted by molar-refractivity contribution is 14.0. The van der Waals surface area contributed by atoms with E-state index in [4.69, 9.17) is 4.74 Å². The Labute approximate surface area is 145 Å². The molecule has 0 unspecified atom stereocenters. The van der Waals surface area contributed by atoms with Crippen molar-refractivity contribution in [3.8, 4) is 0 Å². The van der Waals surface area contributed by atoms with E-state index in [-0.39, 0.29) is 24.0 Å². The predicted octanol–water partition coefficient (Wildman–Crippen LogP) is 2.22. The molecule has 0 fully saturated rings. The lowest BCUT2D eigenvalue weighted by atomic mass is 10.3. The second-order valence-electron chi connectivity index (χ2n) is 4.46. The van der Waals surface area contributed by atoms with Crippen molar-refractivity contribution >= 4 is 29.9 Å². The summed E-state index contributed by atoms with van der Waals surface area (Å²) < 4.78 is 5.49. The summed E-state index contributed by atoms with van der Waals surface area (Å²) in [6.45, 7) is 5.29. The van der Waals surface area contributed by atoms with Gasteiger partial charge in [-0.1, -0.05) is 19.4 Å². The van der Waals surface area contributed by atoms with E-state index in [9.17, 15) is 0 Å². The maximum atomic E-state index is 5.49. The molecule has 0 atom stereocenters. The molecule has 1 heterocycles. The maximum Gasteiger partial charge on any atom is 0.191 e. The molecular weight excluding hydrogens is 379 g/mol. The third-order valence-corrected chi connectivity index (χ3v) is 2.80. The number of nitrogens with one attached hydrogen (secondary N) is 2. The number of nitrogens with zero attached hydrogens (tertiary/aromatic N) is 2. The minimum absolute atomic E-state index is 0. The Bertz CT molecular complexity index is 373. The van der Waals surface area contributed by atoms with Crippen LogP contribution in [-0.4, -0.2) is 44.3 Å².